The fourth-order valence-electron chi connectivity index (χ4n) is 4.39. The van der Waals surface area contributed by atoms with E-state index in [1.165, 1.54) is 83.5 Å². The van der Waals surface area contributed by atoms with Crippen LogP contribution in [0.1, 0.15) is 141 Å². The first kappa shape index (κ1) is 50.0. The quantitative estimate of drug-likeness (QED) is 0.0720. The second-order valence-corrected chi connectivity index (χ2v) is 11.1. The Bertz CT molecular complexity index is 1090. The van der Waals surface area contributed by atoms with Crippen molar-refractivity contribution >= 4 is 58.6 Å². The van der Waals surface area contributed by atoms with E-state index in [0.29, 0.717) is 23.1 Å². The number of carbonyl (C=O) groups is 4. The maximum Gasteiger partial charge on any atom is 0.335 e. The molecule has 0 aromatic heterocycles. The molecule has 0 fully saturated rings. The summed E-state index contributed by atoms with van der Waals surface area (Å²) in [7, 11) is 0. The molecule has 0 unspecified atom stereocenters. The number of aromatic carboxylic acids is 3. The first-order valence-corrected chi connectivity index (χ1v) is 16.8. The van der Waals surface area contributed by atoms with Crippen LogP contribution >= 0.6 is 0 Å². The maximum atomic E-state index is 10.3. The Hall–Kier alpha value is -3.40. The molecular weight excluding hydrogens is 650 g/mol. The number of hydrogen-bond acceptors (Lipinski definition) is 4. The van der Waals surface area contributed by atoms with Crippen LogP contribution in [0.3, 0.4) is 0 Å². The monoisotopic (exact) mass is 710 g/mol. The molecule has 3 aromatic rings. The van der Waals surface area contributed by atoms with Gasteiger partial charge in [-0.05, 0) is 42.8 Å². The van der Waals surface area contributed by atoms with E-state index in [2.05, 4.69) is 6.92 Å². The van der Waals surface area contributed by atoms with E-state index < -0.39 is 23.9 Å². The molecule has 270 valence electrons. The van der Waals surface area contributed by atoms with Crippen molar-refractivity contribution in [1.82, 2.24) is 0 Å². The molecule has 0 radical (unpaired) electrons. The van der Waals surface area contributed by atoms with Gasteiger partial charge < -0.3 is 20.4 Å². The van der Waals surface area contributed by atoms with E-state index in [-0.39, 0.29) is 34.7 Å². The van der Waals surface area contributed by atoms with Gasteiger partial charge in [0.05, 0.1) is 16.7 Å². The van der Waals surface area contributed by atoms with Gasteiger partial charge in [-0.15, -0.1) is 0 Å². The third-order valence-corrected chi connectivity index (χ3v) is 7.06. The predicted molar refractivity (Wildman–Crippen MR) is 207 cm³/mol. The molecule has 49 heavy (non-hydrogen) atoms. The van der Waals surface area contributed by atoms with Crippen LogP contribution in [0.4, 0.5) is 0 Å². The molecule has 0 bridgehead atoms. The van der Waals surface area contributed by atoms with Gasteiger partial charge in [-0.25, -0.2) is 14.4 Å². The number of aliphatic carboxylic acids is 1. The Kier molecular flexibility index (Phi) is 36.6. The zero-order chi connectivity index (χ0) is 35.0. The van der Waals surface area contributed by atoms with Crippen LogP contribution in [0.2, 0.25) is 0 Å². The number of hydrogen-bond donors (Lipinski definition) is 4. The summed E-state index contributed by atoms with van der Waals surface area (Å²) in [5.41, 5.74) is 0.993. The lowest BCUT2D eigenvalue weighted by Crippen LogP contribution is -1.93. The van der Waals surface area contributed by atoms with Gasteiger partial charge in [0, 0.05) is 6.42 Å². The summed E-state index contributed by atoms with van der Waals surface area (Å²) >= 11 is 0. The molecule has 0 aliphatic heterocycles. The lowest BCUT2D eigenvalue weighted by molar-refractivity contribution is -0.137. The van der Waals surface area contributed by atoms with Gasteiger partial charge in [-0.1, -0.05) is 151 Å². The molecule has 0 saturated carbocycles. The highest BCUT2D eigenvalue weighted by molar-refractivity contribution is 5.88. The molecule has 0 aliphatic carbocycles. The summed E-state index contributed by atoms with van der Waals surface area (Å²) in [4.78, 5) is 40.9. The first-order valence-electron chi connectivity index (χ1n) is 16.8. The van der Waals surface area contributed by atoms with Crippen molar-refractivity contribution < 1.29 is 39.6 Å². The molecule has 4 N–H and O–H groups in total. The van der Waals surface area contributed by atoms with Crippen LogP contribution < -0.4 is 0 Å². The Morgan fingerprint density at radius 2 is 0.612 bits per heavy atom. The fourth-order valence-corrected chi connectivity index (χ4v) is 4.39. The van der Waals surface area contributed by atoms with Gasteiger partial charge in [0.15, 0.2) is 34.7 Å². The molecular formula is C39H60Al2O8. The fraction of sp³-hybridized carbons (Fsp3) is 0.436. The second kappa shape index (κ2) is 35.9. The summed E-state index contributed by atoms with van der Waals surface area (Å²) < 4.78 is 0. The normalized spacial score (nSPS) is 9.33. The van der Waals surface area contributed by atoms with Crippen molar-refractivity contribution in [2.75, 3.05) is 0 Å². The minimum absolute atomic E-state index is 0. The van der Waals surface area contributed by atoms with E-state index in [0.717, 1.165) is 12.8 Å². The highest BCUT2D eigenvalue weighted by Gasteiger charge is 1.99. The average Bonchev–Trinajstić information content (AvgIpc) is 3.08. The maximum absolute atomic E-state index is 10.3. The van der Waals surface area contributed by atoms with E-state index in [9.17, 15) is 19.2 Å². The Balaban J connectivity index is -0.000000612. The largest absolute Gasteiger partial charge is 0.481 e. The molecule has 0 heterocycles. The van der Waals surface area contributed by atoms with Gasteiger partial charge in [-0.2, -0.15) is 0 Å². The molecule has 0 atom stereocenters. The van der Waals surface area contributed by atoms with E-state index in [4.69, 9.17) is 20.4 Å². The predicted octanol–water partition coefficient (Wildman–Crippen LogP) is 8.12. The smallest absolute Gasteiger partial charge is 0.335 e. The lowest BCUT2D eigenvalue weighted by Gasteiger charge is -2.03. The number of carboxylic acid groups (broad SMARTS) is 4. The summed E-state index contributed by atoms with van der Waals surface area (Å²) in [6, 6.07) is 24.9. The van der Waals surface area contributed by atoms with E-state index in [1.54, 1.807) is 91.0 Å². The van der Waals surface area contributed by atoms with Crippen molar-refractivity contribution in [3.05, 3.63) is 108 Å². The van der Waals surface area contributed by atoms with E-state index >= 15 is 0 Å². The van der Waals surface area contributed by atoms with Crippen LogP contribution in [-0.2, 0) is 4.79 Å². The third-order valence-electron chi connectivity index (χ3n) is 7.06. The summed E-state index contributed by atoms with van der Waals surface area (Å²) in [5, 5.41) is 33.7. The number of benzene rings is 3. The Labute approximate surface area is 314 Å². The number of carboxylic acids is 4. The molecule has 3 rings (SSSR count). The summed E-state index contributed by atoms with van der Waals surface area (Å²) in [6.07, 6.45) is 20.2. The highest BCUT2D eigenvalue weighted by atomic mass is 27.0. The number of rotatable bonds is 19. The Morgan fingerprint density at radius 3 is 0.796 bits per heavy atom. The third kappa shape index (κ3) is 32.9. The molecule has 0 saturated heterocycles. The standard InChI is InChI=1S/C18H36O2.3C7H6O2.2Al.6H/c1-2-3-4-5-6-7-8-9-10-11-12-13-14-15-16-17-18(19)20;3*8-7(9)6-4-2-1-3-5-6;;;;;;;;/h2-17H2,1H3,(H,19,20);3*1-5H,(H,8,9);;;;;;;;. The van der Waals surface area contributed by atoms with Crippen LogP contribution in [0, 0.1) is 0 Å². The average molecular weight is 711 g/mol. The van der Waals surface area contributed by atoms with Crippen LogP contribution in [0.5, 0.6) is 0 Å². The van der Waals surface area contributed by atoms with Gasteiger partial charge in [0.25, 0.3) is 0 Å². The molecule has 10 heteroatoms. The number of unbranched alkanes of at least 4 members (excludes halogenated alkanes) is 14. The van der Waals surface area contributed by atoms with E-state index in [1.807, 2.05) is 0 Å². The van der Waals surface area contributed by atoms with Gasteiger partial charge >= 0.3 is 23.9 Å². The lowest BCUT2D eigenvalue weighted by atomic mass is 10.0. The van der Waals surface area contributed by atoms with Crippen molar-refractivity contribution in [3.63, 3.8) is 0 Å². The van der Waals surface area contributed by atoms with Crippen molar-refractivity contribution in [2.45, 2.75) is 110 Å². The van der Waals surface area contributed by atoms with Crippen molar-refractivity contribution in [3.8, 4) is 0 Å². The highest BCUT2D eigenvalue weighted by Crippen LogP contribution is 2.13. The van der Waals surface area contributed by atoms with Crippen LogP contribution in [0.15, 0.2) is 91.0 Å². The van der Waals surface area contributed by atoms with Gasteiger partial charge in [-0.3, -0.25) is 4.79 Å². The van der Waals surface area contributed by atoms with Crippen LogP contribution in [0.25, 0.3) is 0 Å². The first-order chi connectivity index (χ1) is 22.7. The molecule has 0 spiro atoms. The molecule has 0 aliphatic rings. The van der Waals surface area contributed by atoms with Gasteiger partial charge in [0.1, 0.15) is 0 Å². The zero-order valence-electron chi connectivity index (χ0n) is 27.9. The molecule has 3 aromatic carbocycles. The van der Waals surface area contributed by atoms with Gasteiger partial charge in [0.2, 0.25) is 0 Å². The summed E-state index contributed by atoms with van der Waals surface area (Å²) in [6.45, 7) is 2.27. The summed E-state index contributed by atoms with van der Waals surface area (Å²) in [5.74, 6) is -3.29. The minimum Gasteiger partial charge on any atom is -0.481 e. The Morgan fingerprint density at radius 1 is 0.388 bits per heavy atom. The zero-order valence-corrected chi connectivity index (χ0v) is 27.9. The van der Waals surface area contributed by atoms with Crippen molar-refractivity contribution in [2.24, 2.45) is 0 Å². The second-order valence-electron chi connectivity index (χ2n) is 11.1. The molecule has 8 nitrogen and oxygen atoms in total. The van der Waals surface area contributed by atoms with Crippen LogP contribution in [-0.4, -0.2) is 79.0 Å². The topological polar surface area (TPSA) is 149 Å². The SMILES string of the molecule is CCCCCCCCCCCCCCCCCC(=O)O.O=C(O)c1ccccc1.O=C(O)c1ccccc1.O=C(O)c1ccccc1.[AlH3].[AlH3]. The van der Waals surface area contributed by atoms with Crippen molar-refractivity contribution in [1.29, 1.82) is 0 Å². The molecule has 0 amide bonds. The minimum atomic E-state index is -0.879.